The summed E-state index contributed by atoms with van der Waals surface area (Å²) < 4.78 is 41.8. The van der Waals surface area contributed by atoms with Crippen LogP contribution in [0.15, 0.2) is 36.4 Å². The van der Waals surface area contributed by atoms with Crippen molar-refractivity contribution in [1.29, 1.82) is 0 Å². The van der Waals surface area contributed by atoms with Gasteiger partial charge in [0.2, 0.25) is 11.8 Å². The fourth-order valence-electron chi connectivity index (χ4n) is 4.60. The predicted molar refractivity (Wildman–Crippen MR) is 109 cm³/mol. The maximum atomic E-state index is 14.4. The molecule has 3 N–H and O–H groups in total. The zero-order valence-electron chi connectivity index (χ0n) is 16.5. The number of amides is 2. The van der Waals surface area contributed by atoms with Crippen LogP contribution in [0.1, 0.15) is 30.7 Å². The van der Waals surface area contributed by atoms with E-state index in [9.17, 15) is 22.8 Å². The summed E-state index contributed by atoms with van der Waals surface area (Å²) >= 11 is 0. The monoisotopic (exact) mass is 427 g/mol. The van der Waals surface area contributed by atoms with Crippen molar-refractivity contribution in [3.63, 3.8) is 0 Å². The summed E-state index contributed by atoms with van der Waals surface area (Å²) in [4.78, 5) is 27.3. The van der Waals surface area contributed by atoms with Crippen molar-refractivity contribution in [2.75, 3.05) is 6.54 Å². The number of hydrogen-bond acceptors (Lipinski definition) is 2. The van der Waals surface area contributed by atoms with Crippen molar-refractivity contribution in [3.05, 3.63) is 59.4 Å². The normalized spacial score (nSPS) is 22.9. The molecule has 1 aliphatic carbocycles. The minimum absolute atomic E-state index is 0.0943. The van der Waals surface area contributed by atoms with E-state index in [1.54, 1.807) is 12.1 Å². The third-order valence-corrected chi connectivity index (χ3v) is 6.28. The average Bonchev–Trinajstić information content (AvgIpc) is 3.26. The smallest absolute Gasteiger partial charge is 0.242 e. The number of rotatable bonds is 4. The molecule has 1 saturated carbocycles. The molecule has 1 aromatic heterocycles. The maximum absolute atomic E-state index is 14.4. The van der Waals surface area contributed by atoms with E-state index >= 15 is 0 Å². The zero-order chi connectivity index (χ0) is 21.7. The number of aromatic amines is 1. The largest absolute Gasteiger partial charge is 0.354 e. The van der Waals surface area contributed by atoms with E-state index in [1.165, 1.54) is 18.2 Å². The van der Waals surface area contributed by atoms with Crippen molar-refractivity contribution in [2.24, 2.45) is 5.92 Å². The number of H-pyrrole nitrogens is 1. The van der Waals surface area contributed by atoms with Gasteiger partial charge in [-0.05, 0) is 66.6 Å². The molecule has 2 heterocycles. The standard InChI is InChI=1S/C23H20F3N3O2/c24-14-3-1-11(2-4-14)20-19(16-9-15(25)10-17(26)21(16)29-20)12-7-13(8-12)22(30)28-18-5-6-27-23(18)31/h1-4,9-10,12-13,18,29H,5-8H2,(H,27,31)(H,28,30)/t12-,13-,18-/m1/s1. The van der Waals surface area contributed by atoms with Gasteiger partial charge in [0.05, 0.1) is 11.2 Å². The molecule has 5 rings (SSSR count). The topological polar surface area (TPSA) is 74.0 Å². The molecule has 3 aromatic rings. The van der Waals surface area contributed by atoms with E-state index in [4.69, 9.17) is 0 Å². The zero-order valence-corrected chi connectivity index (χ0v) is 16.5. The van der Waals surface area contributed by atoms with Crippen LogP contribution in [-0.2, 0) is 9.59 Å². The van der Waals surface area contributed by atoms with E-state index in [-0.39, 0.29) is 29.2 Å². The first-order valence-corrected chi connectivity index (χ1v) is 10.3. The van der Waals surface area contributed by atoms with Crippen LogP contribution in [0.25, 0.3) is 22.2 Å². The molecule has 5 nitrogen and oxygen atoms in total. The lowest BCUT2D eigenvalue weighted by molar-refractivity contribution is -0.132. The first-order chi connectivity index (χ1) is 14.9. The van der Waals surface area contributed by atoms with Crippen LogP contribution in [0.5, 0.6) is 0 Å². The number of aromatic nitrogens is 1. The number of nitrogens with one attached hydrogen (secondary N) is 3. The fourth-order valence-corrected chi connectivity index (χ4v) is 4.60. The first kappa shape index (κ1) is 19.7. The Morgan fingerprint density at radius 1 is 1.03 bits per heavy atom. The second-order valence-electron chi connectivity index (χ2n) is 8.24. The van der Waals surface area contributed by atoms with Crippen LogP contribution in [-0.4, -0.2) is 29.4 Å². The van der Waals surface area contributed by atoms with Crippen molar-refractivity contribution in [3.8, 4) is 11.3 Å². The molecule has 0 radical (unpaired) electrons. The van der Waals surface area contributed by atoms with Crippen molar-refractivity contribution < 1.29 is 22.8 Å². The maximum Gasteiger partial charge on any atom is 0.242 e. The molecule has 1 aliphatic heterocycles. The number of fused-ring (bicyclic) bond motifs is 1. The summed E-state index contributed by atoms with van der Waals surface area (Å²) in [6.07, 6.45) is 1.56. The lowest BCUT2D eigenvalue weighted by Gasteiger charge is -2.35. The Bertz CT molecular complexity index is 1180. The van der Waals surface area contributed by atoms with Gasteiger partial charge >= 0.3 is 0 Å². The Morgan fingerprint density at radius 2 is 1.77 bits per heavy atom. The second-order valence-corrected chi connectivity index (χ2v) is 8.24. The molecular weight excluding hydrogens is 407 g/mol. The van der Waals surface area contributed by atoms with Gasteiger partial charge in [-0.3, -0.25) is 9.59 Å². The number of halogens is 3. The van der Waals surface area contributed by atoms with Gasteiger partial charge in [0, 0.05) is 23.9 Å². The first-order valence-electron chi connectivity index (χ1n) is 10.3. The van der Waals surface area contributed by atoms with Crippen LogP contribution < -0.4 is 10.6 Å². The molecule has 0 spiro atoms. The number of benzene rings is 2. The van der Waals surface area contributed by atoms with Crippen LogP contribution in [0.3, 0.4) is 0 Å². The quantitative estimate of drug-likeness (QED) is 0.593. The summed E-state index contributed by atoms with van der Waals surface area (Å²) in [5.41, 5.74) is 2.16. The van der Waals surface area contributed by atoms with Gasteiger partial charge in [0.1, 0.15) is 23.5 Å². The molecule has 2 aromatic carbocycles. The van der Waals surface area contributed by atoms with Crippen molar-refractivity contribution in [2.45, 2.75) is 31.2 Å². The third-order valence-electron chi connectivity index (χ3n) is 6.28. The molecule has 0 unspecified atom stereocenters. The van der Waals surface area contributed by atoms with Gasteiger partial charge in [0.15, 0.2) is 0 Å². The summed E-state index contributed by atoms with van der Waals surface area (Å²) in [5, 5.41) is 5.90. The van der Waals surface area contributed by atoms with E-state index in [2.05, 4.69) is 15.6 Å². The Labute approximate surface area is 176 Å². The molecule has 31 heavy (non-hydrogen) atoms. The van der Waals surface area contributed by atoms with E-state index < -0.39 is 23.5 Å². The second kappa shape index (κ2) is 7.44. The highest BCUT2D eigenvalue weighted by Crippen LogP contribution is 2.48. The number of hydrogen-bond donors (Lipinski definition) is 3. The molecule has 0 bridgehead atoms. The Balaban J connectivity index is 1.45. The third kappa shape index (κ3) is 3.45. The molecule has 2 aliphatic rings. The summed E-state index contributed by atoms with van der Waals surface area (Å²) in [6, 6.07) is 7.39. The van der Waals surface area contributed by atoms with Crippen LogP contribution in [0.2, 0.25) is 0 Å². The van der Waals surface area contributed by atoms with E-state index in [1.807, 2.05) is 0 Å². The molecular formula is C23H20F3N3O2. The van der Waals surface area contributed by atoms with E-state index in [0.29, 0.717) is 42.5 Å². The van der Waals surface area contributed by atoms with Crippen LogP contribution >= 0.6 is 0 Å². The highest BCUT2D eigenvalue weighted by molar-refractivity contribution is 5.93. The van der Waals surface area contributed by atoms with Gasteiger partial charge in [-0.15, -0.1) is 0 Å². The van der Waals surface area contributed by atoms with Gasteiger partial charge in [0.25, 0.3) is 0 Å². The number of carbonyl (C=O) groups excluding carboxylic acids is 2. The molecule has 2 amide bonds. The average molecular weight is 427 g/mol. The molecule has 1 saturated heterocycles. The summed E-state index contributed by atoms with van der Waals surface area (Å²) in [5.74, 6) is -2.51. The van der Waals surface area contributed by atoms with Gasteiger partial charge in [-0.1, -0.05) is 0 Å². The number of carbonyl (C=O) groups is 2. The van der Waals surface area contributed by atoms with Gasteiger partial charge in [-0.25, -0.2) is 13.2 Å². The molecule has 8 heteroatoms. The highest BCUT2D eigenvalue weighted by Gasteiger charge is 2.40. The van der Waals surface area contributed by atoms with Crippen molar-refractivity contribution >= 4 is 22.7 Å². The Hall–Kier alpha value is -3.29. The predicted octanol–water partition coefficient (Wildman–Crippen LogP) is 3.75. The van der Waals surface area contributed by atoms with Crippen LogP contribution in [0, 0.1) is 23.4 Å². The van der Waals surface area contributed by atoms with Crippen LogP contribution in [0.4, 0.5) is 13.2 Å². The summed E-state index contributed by atoms with van der Waals surface area (Å²) in [7, 11) is 0. The fraction of sp³-hybridized carbons (Fsp3) is 0.304. The molecule has 1 atom stereocenters. The van der Waals surface area contributed by atoms with Gasteiger partial charge < -0.3 is 15.6 Å². The highest BCUT2D eigenvalue weighted by atomic mass is 19.1. The minimum Gasteiger partial charge on any atom is -0.354 e. The lowest BCUT2D eigenvalue weighted by Crippen LogP contribution is -2.45. The van der Waals surface area contributed by atoms with Gasteiger partial charge in [-0.2, -0.15) is 0 Å². The minimum atomic E-state index is -0.703. The van der Waals surface area contributed by atoms with Crippen molar-refractivity contribution in [1.82, 2.24) is 15.6 Å². The summed E-state index contributed by atoms with van der Waals surface area (Å²) in [6.45, 7) is 0.546. The lowest BCUT2D eigenvalue weighted by atomic mass is 9.69. The molecule has 2 fully saturated rings. The molecule has 160 valence electrons. The Morgan fingerprint density at radius 3 is 2.45 bits per heavy atom. The SMILES string of the molecule is O=C1NCC[C@H]1NC(=O)[C@H]1C[C@H](c2c(-c3ccc(F)cc3)[nH]c3c(F)cc(F)cc32)C1. The van der Waals surface area contributed by atoms with E-state index in [0.717, 1.165) is 11.6 Å². The Kier molecular flexibility index (Phi) is 4.72.